The minimum absolute atomic E-state index is 0.0776. The van der Waals surface area contributed by atoms with Gasteiger partial charge in [0.1, 0.15) is 0 Å². The fourth-order valence-electron chi connectivity index (χ4n) is 3.29. The predicted octanol–water partition coefficient (Wildman–Crippen LogP) is 2.11. The van der Waals surface area contributed by atoms with Gasteiger partial charge in [-0.3, -0.25) is 0 Å². The molecule has 0 spiro atoms. The molecule has 2 aliphatic rings. The smallest absolute Gasteiger partial charge is 0.0604 e. The van der Waals surface area contributed by atoms with E-state index in [1.54, 1.807) is 0 Å². The molecule has 0 amide bonds. The van der Waals surface area contributed by atoms with E-state index in [1.807, 2.05) is 0 Å². The molecule has 0 aromatic heterocycles. The summed E-state index contributed by atoms with van der Waals surface area (Å²) in [7, 11) is 0. The molecule has 2 fully saturated rings. The molecule has 1 saturated carbocycles. The van der Waals surface area contributed by atoms with Crippen molar-refractivity contribution in [1.29, 1.82) is 0 Å². The van der Waals surface area contributed by atoms with Gasteiger partial charge in [0.15, 0.2) is 0 Å². The topological polar surface area (TPSA) is 26.7 Å². The van der Waals surface area contributed by atoms with Crippen LogP contribution in [0.4, 0.5) is 0 Å². The number of fused-ring (bicyclic) bond motifs is 1. The van der Waals surface area contributed by atoms with Crippen molar-refractivity contribution in [3.8, 4) is 0 Å². The van der Waals surface area contributed by atoms with Crippen LogP contribution < -0.4 is 0 Å². The number of hydrogen-bond acceptors (Lipinski definition) is 3. The second kappa shape index (κ2) is 3.94. The highest BCUT2D eigenvalue weighted by Crippen LogP contribution is 2.50. The molecule has 1 aliphatic carbocycles. The minimum atomic E-state index is 0.0776. The first kappa shape index (κ1) is 13.3. The third-order valence-electron chi connectivity index (χ3n) is 4.10. The maximum absolute atomic E-state index is 9.74. The normalized spacial score (nSPS) is 35.8. The van der Waals surface area contributed by atoms with Gasteiger partial charge < -0.3 is 5.11 Å². The lowest BCUT2D eigenvalue weighted by Gasteiger charge is -2.55. The molecular formula is C14H28N2O. The maximum atomic E-state index is 9.74. The largest absolute Gasteiger partial charge is 0.395 e. The number of hydrazine groups is 1. The van der Waals surface area contributed by atoms with Crippen molar-refractivity contribution in [1.82, 2.24) is 10.0 Å². The van der Waals surface area contributed by atoms with E-state index in [0.717, 1.165) is 18.4 Å². The molecule has 1 N–H and O–H groups in total. The zero-order valence-corrected chi connectivity index (χ0v) is 12.2. The van der Waals surface area contributed by atoms with Gasteiger partial charge in [-0.1, -0.05) is 0 Å². The van der Waals surface area contributed by atoms with E-state index < -0.39 is 0 Å². The molecule has 2 rings (SSSR count). The summed E-state index contributed by atoms with van der Waals surface area (Å²) in [6.07, 6.45) is 1.30. The van der Waals surface area contributed by atoms with Crippen LogP contribution in [0.5, 0.6) is 0 Å². The minimum Gasteiger partial charge on any atom is -0.395 e. The third kappa shape index (κ3) is 2.38. The highest BCUT2D eigenvalue weighted by Gasteiger charge is 2.55. The van der Waals surface area contributed by atoms with E-state index in [-0.39, 0.29) is 17.7 Å². The monoisotopic (exact) mass is 240 g/mol. The highest BCUT2D eigenvalue weighted by molar-refractivity contribution is 5.04. The van der Waals surface area contributed by atoms with Crippen LogP contribution in [0.15, 0.2) is 0 Å². The Balaban J connectivity index is 2.30. The van der Waals surface area contributed by atoms with Gasteiger partial charge in [0.2, 0.25) is 0 Å². The van der Waals surface area contributed by atoms with Crippen LogP contribution in [-0.4, -0.2) is 45.4 Å². The summed E-state index contributed by atoms with van der Waals surface area (Å²) < 4.78 is 0. The van der Waals surface area contributed by atoms with Crippen LogP contribution in [0.3, 0.4) is 0 Å². The third-order valence-corrected chi connectivity index (χ3v) is 4.10. The van der Waals surface area contributed by atoms with Crippen molar-refractivity contribution in [3.63, 3.8) is 0 Å². The number of rotatable bonds is 1. The summed E-state index contributed by atoms with van der Waals surface area (Å²) in [5.41, 5.74) is 0.211. The van der Waals surface area contributed by atoms with Crippen molar-refractivity contribution in [3.05, 3.63) is 0 Å². The average Bonchev–Trinajstić information content (AvgIpc) is 2.89. The molecule has 3 nitrogen and oxygen atoms in total. The molecule has 3 atom stereocenters. The van der Waals surface area contributed by atoms with Gasteiger partial charge in [0, 0.05) is 17.6 Å². The van der Waals surface area contributed by atoms with Gasteiger partial charge in [-0.25, -0.2) is 10.0 Å². The zero-order valence-electron chi connectivity index (χ0n) is 12.2. The van der Waals surface area contributed by atoms with Gasteiger partial charge in [0.05, 0.1) is 12.6 Å². The summed E-state index contributed by atoms with van der Waals surface area (Å²) in [4.78, 5) is 0. The molecule has 0 aromatic rings. The first-order valence-electron chi connectivity index (χ1n) is 6.84. The number of hydrogen-bond donors (Lipinski definition) is 1. The van der Waals surface area contributed by atoms with Crippen LogP contribution in [0, 0.1) is 11.8 Å². The number of aliphatic hydroxyl groups is 1. The Morgan fingerprint density at radius 2 is 1.65 bits per heavy atom. The van der Waals surface area contributed by atoms with Gasteiger partial charge in [0.25, 0.3) is 0 Å². The Bertz CT molecular complexity index is 290. The van der Waals surface area contributed by atoms with Gasteiger partial charge >= 0.3 is 0 Å². The lowest BCUT2D eigenvalue weighted by molar-refractivity contribution is -0.199. The van der Waals surface area contributed by atoms with Gasteiger partial charge in [-0.2, -0.15) is 0 Å². The summed E-state index contributed by atoms with van der Waals surface area (Å²) in [6.45, 7) is 15.0. The van der Waals surface area contributed by atoms with Crippen molar-refractivity contribution < 1.29 is 5.11 Å². The quantitative estimate of drug-likeness (QED) is 0.760. The van der Waals surface area contributed by atoms with E-state index in [4.69, 9.17) is 0 Å². The summed E-state index contributed by atoms with van der Waals surface area (Å²) in [5, 5.41) is 14.7. The highest BCUT2D eigenvalue weighted by atomic mass is 16.3. The number of nitrogens with zero attached hydrogens (tertiary/aromatic N) is 2. The van der Waals surface area contributed by atoms with E-state index >= 15 is 0 Å². The second-order valence-corrected chi connectivity index (χ2v) is 7.68. The van der Waals surface area contributed by atoms with Crippen LogP contribution in [0.1, 0.15) is 48.0 Å². The first-order valence-corrected chi connectivity index (χ1v) is 6.84. The van der Waals surface area contributed by atoms with Crippen LogP contribution in [-0.2, 0) is 0 Å². The van der Waals surface area contributed by atoms with Crippen LogP contribution in [0.25, 0.3) is 0 Å². The summed E-state index contributed by atoms with van der Waals surface area (Å²) in [6, 6.07) is 0.313. The average molecular weight is 240 g/mol. The van der Waals surface area contributed by atoms with Crippen molar-refractivity contribution in [2.45, 2.75) is 65.1 Å². The van der Waals surface area contributed by atoms with Crippen LogP contribution >= 0.6 is 0 Å². The van der Waals surface area contributed by atoms with E-state index in [2.05, 4.69) is 51.6 Å². The lowest BCUT2D eigenvalue weighted by Crippen LogP contribution is -2.67. The second-order valence-electron chi connectivity index (χ2n) is 7.68. The van der Waals surface area contributed by atoms with E-state index in [0.29, 0.717) is 6.04 Å². The molecule has 1 saturated heterocycles. The van der Waals surface area contributed by atoms with E-state index in [9.17, 15) is 5.11 Å². The summed E-state index contributed by atoms with van der Waals surface area (Å²) >= 11 is 0. The molecule has 17 heavy (non-hydrogen) atoms. The molecule has 0 aromatic carbocycles. The standard InChI is InChI=1S/C14H28N2O/c1-13(2,3)15-8-10-7-11(10)12(9-17)16(15)14(4,5)6/h10-12,17H,7-9H2,1-6H3. The fraction of sp³-hybridized carbons (Fsp3) is 1.00. The maximum Gasteiger partial charge on any atom is 0.0604 e. The Morgan fingerprint density at radius 1 is 1.06 bits per heavy atom. The zero-order chi connectivity index (χ0) is 13.0. The lowest BCUT2D eigenvalue weighted by atomic mass is 9.97. The molecule has 1 heterocycles. The fourth-order valence-corrected chi connectivity index (χ4v) is 3.29. The predicted molar refractivity (Wildman–Crippen MR) is 70.5 cm³/mol. The molecule has 0 bridgehead atoms. The Morgan fingerprint density at radius 3 is 2.06 bits per heavy atom. The van der Waals surface area contributed by atoms with E-state index in [1.165, 1.54) is 6.42 Å². The molecule has 0 radical (unpaired) electrons. The molecule has 3 unspecified atom stereocenters. The Kier molecular flexibility index (Phi) is 3.08. The Labute approximate surface area is 106 Å². The van der Waals surface area contributed by atoms with Crippen molar-refractivity contribution >= 4 is 0 Å². The van der Waals surface area contributed by atoms with Crippen molar-refractivity contribution in [2.75, 3.05) is 13.2 Å². The molecular weight excluding hydrogens is 212 g/mol. The first-order chi connectivity index (χ1) is 7.66. The van der Waals surface area contributed by atoms with Gasteiger partial charge in [-0.15, -0.1) is 0 Å². The molecule has 3 heteroatoms. The molecule has 100 valence electrons. The Hall–Kier alpha value is -0.120. The molecule has 1 aliphatic heterocycles. The number of aliphatic hydroxyl groups excluding tert-OH is 1. The van der Waals surface area contributed by atoms with Crippen molar-refractivity contribution in [2.24, 2.45) is 11.8 Å². The van der Waals surface area contributed by atoms with Gasteiger partial charge in [-0.05, 0) is 59.8 Å². The SMILES string of the molecule is CC(C)(C)N1CC2CC2C(CO)N1C(C)(C)C. The van der Waals surface area contributed by atoms with Crippen LogP contribution in [0.2, 0.25) is 0 Å². The summed E-state index contributed by atoms with van der Waals surface area (Å²) in [5.74, 6) is 1.53.